The summed E-state index contributed by atoms with van der Waals surface area (Å²) in [4.78, 5) is 4.96. The molecule has 20 heavy (non-hydrogen) atoms. The van der Waals surface area contributed by atoms with E-state index in [4.69, 9.17) is 22.7 Å². The normalized spacial score (nSPS) is 15.9. The summed E-state index contributed by atoms with van der Waals surface area (Å²) in [6.45, 7) is 5.72. The van der Waals surface area contributed by atoms with E-state index >= 15 is 0 Å². The van der Waals surface area contributed by atoms with Crippen LogP contribution in [0.25, 0.3) is 0 Å². The Morgan fingerprint density at radius 1 is 1.50 bits per heavy atom. The molecule has 1 aromatic rings. The lowest BCUT2D eigenvalue weighted by Crippen LogP contribution is -2.22. The van der Waals surface area contributed by atoms with Crippen molar-refractivity contribution in [3.8, 4) is 0 Å². The Balaban J connectivity index is 2.11. The molecule has 1 fully saturated rings. The first-order valence-corrected chi connectivity index (χ1v) is 7.39. The number of nitrogens with zero attached hydrogens (tertiary/aromatic N) is 1. The number of thiocarbonyl (C=S) groups is 1. The number of nitrogens with two attached hydrogens (primary N) is 1. The molecule has 4 nitrogen and oxygen atoms in total. The maximum atomic E-state index is 5.83. The third kappa shape index (κ3) is 3.46. The number of hydrogen-bond acceptors (Lipinski definition) is 4. The van der Waals surface area contributed by atoms with E-state index in [1.54, 1.807) is 7.11 Å². The third-order valence-corrected chi connectivity index (χ3v) is 4.22. The largest absolute Gasteiger partial charge is 0.389 e. The highest BCUT2D eigenvalue weighted by molar-refractivity contribution is 7.80. The average Bonchev–Trinajstić information content (AvgIpc) is 3.13. The molecule has 1 aliphatic carbocycles. The van der Waals surface area contributed by atoms with Crippen LogP contribution in [0.2, 0.25) is 0 Å². The summed E-state index contributed by atoms with van der Waals surface area (Å²) in [7, 11) is 1.75. The number of ether oxygens (including phenoxy) is 1. The van der Waals surface area contributed by atoms with E-state index in [1.165, 1.54) is 12.8 Å². The quantitative estimate of drug-likeness (QED) is 0.757. The molecule has 0 aliphatic heterocycles. The highest BCUT2D eigenvalue weighted by Crippen LogP contribution is 2.48. The zero-order valence-corrected chi connectivity index (χ0v) is 13.3. The van der Waals surface area contributed by atoms with Crippen molar-refractivity contribution in [2.75, 3.05) is 25.6 Å². The second kappa shape index (κ2) is 6.06. The van der Waals surface area contributed by atoms with E-state index in [-0.39, 0.29) is 0 Å². The lowest BCUT2D eigenvalue weighted by Gasteiger charge is -2.19. The monoisotopic (exact) mass is 293 g/mol. The van der Waals surface area contributed by atoms with Gasteiger partial charge in [-0.2, -0.15) is 0 Å². The predicted molar refractivity (Wildman–Crippen MR) is 86.2 cm³/mol. The number of pyridine rings is 1. The molecule has 0 bridgehead atoms. The van der Waals surface area contributed by atoms with Crippen molar-refractivity contribution >= 4 is 23.0 Å². The standard InChI is InChI=1S/C15H23N3OS/c1-10-8-11(2)18-14(12(10)13(16)20)17-9-15(4-5-15)6-7-19-3/h8H,4-7,9H2,1-3H3,(H2,16,20)(H,17,18). The van der Waals surface area contributed by atoms with Crippen molar-refractivity contribution < 1.29 is 4.74 Å². The van der Waals surface area contributed by atoms with Crippen molar-refractivity contribution in [1.29, 1.82) is 0 Å². The molecule has 3 N–H and O–H groups in total. The fourth-order valence-electron chi connectivity index (χ4n) is 2.56. The average molecular weight is 293 g/mol. The van der Waals surface area contributed by atoms with Crippen LogP contribution in [0.5, 0.6) is 0 Å². The Morgan fingerprint density at radius 2 is 2.20 bits per heavy atom. The van der Waals surface area contributed by atoms with Crippen molar-refractivity contribution in [3.05, 3.63) is 22.9 Å². The smallest absolute Gasteiger partial charge is 0.136 e. The molecule has 0 aromatic carbocycles. The van der Waals surface area contributed by atoms with Crippen molar-refractivity contribution in [2.45, 2.75) is 33.1 Å². The molecule has 2 rings (SSSR count). The minimum absolute atomic E-state index is 0.364. The van der Waals surface area contributed by atoms with E-state index < -0.39 is 0 Å². The van der Waals surface area contributed by atoms with Gasteiger partial charge in [0.2, 0.25) is 0 Å². The van der Waals surface area contributed by atoms with Gasteiger partial charge in [0.25, 0.3) is 0 Å². The van der Waals surface area contributed by atoms with Gasteiger partial charge in [-0.05, 0) is 50.2 Å². The molecule has 0 amide bonds. The molecule has 1 saturated carbocycles. The first-order valence-electron chi connectivity index (χ1n) is 6.98. The van der Waals surface area contributed by atoms with Gasteiger partial charge in [-0.1, -0.05) is 12.2 Å². The van der Waals surface area contributed by atoms with E-state index in [9.17, 15) is 0 Å². The van der Waals surface area contributed by atoms with E-state index in [0.717, 1.165) is 42.2 Å². The van der Waals surface area contributed by atoms with Crippen molar-refractivity contribution in [2.24, 2.45) is 11.1 Å². The number of methoxy groups -OCH3 is 1. The highest BCUT2D eigenvalue weighted by atomic mass is 32.1. The highest BCUT2D eigenvalue weighted by Gasteiger charge is 2.41. The van der Waals surface area contributed by atoms with Crippen LogP contribution in [0.1, 0.15) is 36.1 Å². The predicted octanol–water partition coefficient (Wildman–Crippen LogP) is 2.56. The summed E-state index contributed by atoms with van der Waals surface area (Å²) in [6.07, 6.45) is 3.58. The molecule has 1 aliphatic rings. The Kier molecular flexibility index (Phi) is 4.60. The summed E-state index contributed by atoms with van der Waals surface area (Å²) in [5.41, 5.74) is 9.12. The van der Waals surface area contributed by atoms with Gasteiger partial charge in [0.15, 0.2) is 0 Å². The third-order valence-electron chi connectivity index (χ3n) is 4.02. The van der Waals surface area contributed by atoms with Crippen molar-refractivity contribution in [3.63, 3.8) is 0 Å². The van der Waals surface area contributed by atoms with Gasteiger partial charge in [-0.15, -0.1) is 0 Å². The van der Waals surface area contributed by atoms with Gasteiger partial charge < -0.3 is 15.8 Å². The topological polar surface area (TPSA) is 60.2 Å². The fourth-order valence-corrected chi connectivity index (χ4v) is 2.82. The van der Waals surface area contributed by atoms with Crippen LogP contribution >= 0.6 is 12.2 Å². The van der Waals surface area contributed by atoms with Gasteiger partial charge in [-0.3, -0.25) is 0 Å². The molecule has 0 atom stereocenters. The van der Waals surface area contributed by atoms with E-state index in [0.29, 0.717) is 10.4 Å². The summed E-state index contributed by atoms with van der Waals surface area (Å²) >= 11 is 5.15. The molecule has 5 heteroatoms. The van der Waals surface area contributed by atoms with Gasteiger partial charge >= 0.3 is 0 Å². The summed E-state index contributed by atoms with van der Waals surface area (Å²) < 4.78 is 5.19. The number of anilines is 1. The molecule has 1 aromatic heterocycles. The van der Waals surface area contributed by atoms with E-state index in [1.807, 2.05) is 19.9 Å². The molecular formula is C15H23N3OS. The van der Waals surface area contributed by atoms with Crippen LogP contribution in [0, 0.1) is 19.3 Å². The zero-order chi connectivity index (χ0) is 14.8. The molecule has 0 radical (unpaired) electrons. The maximum Gasteiger partial charge on any atom is 0.136 e. The Bertz CT molecular complexity index is 512. The minimum atomic E-state index is 0.364. The molecule has 1 heterocycles. The second-order valence-corrected chi connectivity index (χ2v) is 6.20. The maximum absolute atomic E-state index is 5.83. The molecule has 0 unspecified atom stereocenters. The molecule has 0 spiro atoms. The fraction of sp³-hybridized carbons (Fsp3) is 0.600. The molecule has 0 saturated heterocycles. The van der Waals surface area contributed by atoms with Crippen LogP contribution in [0.3, 0.4) is 0 Å². The van der Waals surface area contributed by atoms with Crippen LogP contribution < -0.4 is 11.1 Å². The summed E-state index contributed by atoms with van der Waals surface area (Å²) in [5, 5.41) is 3.45. The second-order valence-electron chi connectivity index (χ2n) is 5.76. The van der Waals surface area contributed by atoms with Crippen LogP contribution in [0.15, 0.2) is 6.07 Å². The van der Waals surface area contributed by atoms with Crippen LogP contribution in [-0.2, 0) is 4.74 Å². The molecular weight excluding hydrogens is 270 g/mol. The summed E-state index contributed by atoms with van der Waals surface area (Å²) in [5.74, 6) is 0.818. The first-order chi connectivity index (χ1) is 9.47. The molecule has 110 valence electrons. The lowest BCUT2D eigenvalue weighted by molar-refractivity contribution is 0.175. The number of aryl methyl sites for hydroxylation is 2. The Labute approximate surface area is 126 Å². The number of rotatable bonds is 7. The SMILES string of the molecule is COCCC1(CNc2nc(C)cc(C)c2C(N)=S)CC1. The van der Waals surface area contributed by atoms with Crippen LogP contribution in [0.4, 0.5) is 5.82 Å². The lowest BCUT2D eigenvalue weighted by atomic mass is 10.0. The number of hydrogen-bond donors (Lipinski definition) is 2. The van der Waals surface area contributed by atoms with Gasteiger partial charge in [0, 0.05) is 26.0 Å². The van der Waals surface area contributed by atoms with Gasteiger partial charge in [0.1, 0.15) is 10.8 Å². The summed E-state index contributed by atoms with van der Waals surface area (Å²) in [6, 6.07) is 2.01. The number of aromatic nitrogens is 1. The van der Waals surface area contributed by atoms with Gasteiger partial charge in [0.05, 0.1) is 5.56 Å². The van der Waals surface area contributed by atoms with Crippen molar-refractivity contribution in [1.82, 2.24) is 4.98 Å². The Hall–Kier alpha value is -1.20. The Morgan fingerprint density at radius 3 is 2.75 bits per heavy atom. The first kappa shape index (κ1) is 15.2. The number of nitrogens with one attached hydrogen (secondary N) is 1. The zero-order valence-electron chi connectivity index (χ0n) is 12.5. The van der Waals surface area contributed by atoms with E-state index in [2.05, 4.69) is 10.3 Å². The minimum Gasteiger partial charge on any atom is -0.389 e. The van der Waals surface area contributed by atoms with Crippen LogP contribution in [-0.4, -0.2) is 30.2 Å². The van der Waals surface area contributed by atoms with Gasteiger partial charge in [-0.25, -0.2) is 4.98 Å².